The van der Waals surface area contributed by atoms with E-state index in [-0.39, 0.29) is 18.1 Å². The summed E-state index contributed by atoms with van der Waals surface area (Å²) < 4.78 is 70.1. The molecule has 10 nitrogen and oxygen atoms in total. The first-order valence-corrected chi connectivity index (χ1v) is 15.1. The zero-order valence-corrected chi connectivity index (χ0v) is 22.8. The molecule has 5 rings (SSSR count). The van der Waals surface area contributed by atoms with Crippen molar-refractivity contribution in [1.82, 2.24) is 20.3 Å². The first kappa shape index (κ1) is 28.1. The maximum Gasteiger partial charge on any atom is 0.451 e. The second kappa shape index (κ2) is 11.6. The van der Waals surface area contributed by atoms with Crippen LogP contribution in [0.4, 0.5) is 30.6 Å². The number of aromatic nitrogens is 3. The lowest BCUT2D eigenvalue weighted by atomic mass is 9.89. The molecule has 3 atom stereocenters. The minimum absolute atomic E-state index is 0.0864. The number of benzene rings is 1. The zero-order valence-electron chi connectivity index (χ0n) is 22.0. The summed E-state index contributed by atoms with van der Waals surface area (Å²) in [5.74, 6) is -0.617. The summed E-state index contributed by atoms with van der Waals surface area (Å²) in [6.07, 6.45) is 6.58. The van der Waals surface area contributed by atoms with Crippen molar-refractivity contribution < 1.29 is 26.0 Å². The molecule has 0 unspecified atom stereocenters. The Hall–Kier alpha value is -3.39. The number of piperidine rings is 1. The third-order valence-electron chi connectivity index (χ3n) is 7.16. The minimum Gasteiger partial charge on any atom is -0.424 e. The maximum atomic E-state index is 12.8. The topological polar surface area (TPSA) is 125 Å². The summed E-state index contributed by atoms with van der Waals surface area (Å²) in [4.78, 5) is 13.5. The fourth-order valence-corrected chi connectivity index (χ4v) is 5.92. The van der Waals surface area contributed by atoms with Gasteiger partial charge in [0, 0.05) is 42.5 Å². The molecule has 0 bridgehead atoms. The van der Waals surface area contributed by atoms with Crippen LogP contribution in [0.2, 0.25) is 0 Å². The van der Waals surface area contributed by atoms with Gasteiger partial charge in [-0.3, -0.25) is 4.72 Å². The van der Waals surface area contributed by atoms with E-state index in [4.69, 9.17) is 4.42 Å². The number of rotatable bonds is 8. The molecule has 2 aromatic heterocycles. The van der Waals surface area contributed by atoms with Crippen LogP contribution >= 0.6 is 0 Å². The predicted octanol–water partition coefficient (Wildman–Crippen LogP) is 4.50. The van der Waals surface area contributed by atoms with Crippen molar-refractivity contribution in [3.63, 3.8) is 0 Å². The van der Waals surface area contributed by atoms with E-state index in [1.165, 1.54) is 12.4 Å². The number of anilines is 3. The lowest BCUT2D eigenvalue weighted by Gasteiger charge is -2.40. The van der Waals surface area contributed by atoms with Gasteiger partial charge in [0.25, 0.3) is 6.01 Å². The molecule has 0 radical (unpaired) electrons. The monoisotopic (exact) mass is 579 g/mol. The number of hydrogen-bond donors (Lipinski definition) is 3. The third kappa shape index (κ3) is 7.22. The summed E-state index contributed by atoms with van der Waals surface area (Å²) in [5.41, 5.74) is 1.72. The number of hydrogen-bond acceptors (Lipinski definition) is 9. The van der Waals surface area contributed by atoms with Crippen molar-refractivity contribution in [2.75, 3.05) is 34.3 Å². The highest BCUT2D eigenvalue weighted by Crippen LogP contribution is 2.30. The van der Waals surface area contributed by atoms with Gasteiger partial charge in [-0.2, -0.15) is 13.2 Å². The lowest BCUT2D eigenvalue weighted by Crippen LogP contribution is -2.55. The Balaban J connectivity index is 1.21. The highest BCUT2D eigenvalue weighted by Gasteiger charge is 2.35. The molecule has 1 aromatic carbocycles. The summed E-state index contributed by atoms with van der Waals surface area (Å²) in [6, 6.07) is 7.71. The van der Waals surface area contributed by atoms with Crippen LogP contribution in [0, 0.1) is 0 Å². The SMILES string of the molecule is CS(=O)(=O)Nc1cccc(-c2cnc(N[C@@H]3CCCC[C@H]3N[C@H]3CCCN(c4cnc(C(F)(F)F)nc4)C3)o2)c1. The molecule has 3 N–H and O–H groups in total. The van der Waals surface area contributed by atoms with Gasteiger partial charge in [0.05, 0.1) is 30.5 Å². The Bertz CT molecular complexity index is 1400. The lowest BCUT2D eigenvalue weighted by molar-refractivity contribution is -0.145. The van der Waals surface area contributed by atoms with Crippen LogP contribution in [0.3, 0.4) is 0 Å². The molecule has 40 heavy (non-hydrogen) atoms. The van der Waals surface area contributed by atoms with Gasteiger partial charge in [-0.05, 0) is 37.8 Å². The van der Waals surface area contributed by atoms with Crippen molar-refractivity contribution in [3.05, 3.63) is 48.7 Å². The molecule has 216 valence electrons. The molecule has 1 saturated carbocycles. The Labute approximate surface area is 230 Å². The average Bonchev–Trinajstić information content (AvgIpc) is 3.37. The van der Waals surface area contributed by atoms with E-state index < -0.39 is 22.0 Å². The summed E-state index contributed by atoms with van der Waals surface area (Å²) in [7, 11) is -3.40. The van der Waals surface area contributed by atoms with Gasteiger partial charge in [0.15, 0.2) is 5.76 Å². The number of halogens is 3. The molecule has 0 spiro atoms. The summed E-state index contributed by atoms with van der Waals surface area (Å²) in [6.45, 7) is 1.39. The molecule has 1 aliphatic carbocycles. The normalized spacial score (nSPS) is 22.2. The quantitative estimate of drug-likeness (QED) is 0.354. The van der Waals surface area contributed by atoms with Gasteiger partial charge in [-0.15, -0.1) is 0 Å². The molecule has 0 amide bonds. The largest absolute Gasteiger partial charge is 0.451 e. The van der Waals surface area contributed by atoms with E-state index in [0.29, 0.717) is 35.3 Å². The smallest absolute Gasteiger partial charge is 0.424 e. The Morgan fingerprint density at radius 2 is 1.75 bits per heavy atom. The molecule has 3 aromatic rings. The summed E-state index contributed by atoms with van der Waals surface area (Å²) >= 11 is 0. The number of nitrogens with one attached hydrogen (secondary N) is 3. The third-order valence-corrected chi connectivity index (χ3v) is 7.77. The van der Waals surface area contributed by atoms with Crippen LogP contribution in [-0.2, 0) is 16.2 Å². The van der Waals surface area contributed by atoms with Crippen molar-refractivity contribution in [3.8, 4) is 11.3 Å². The van der Waals surface area contributed by atoms with Crippen molar-refractivity contribution >= 4 is 27.4 Å². The molecule has 2 fully saturated rings. The Morgan fingerprint density at radius 3 is 2.48 bits per heavy atom. The van der Waals surface area contributed by atoms with Gasteiger partial charge in [-0.1, -0.05) is 25.0 Å². The van der Waals surface area contributed by atoms with Gasteiger partial charge >= 0.3 is 6.18 Å². The minimum atomic E-state index is -4.56. The molecule has 14 heteroatoms. The first-order chi connectivity index (χ1) is 19.0. The molecule has 1 saturated heterocycles. The van der Waals surface area contributed by atoms with Gasteiger partial charge in [-0.25, -0.2) is 23.4 Å². The highest BCUT2D eigenvalue weighted by atomic mass is 32.2. The molecule has 1 aliphatic heterocycles. The van der Waals surface area contributed by atoms with Gasteiger partial charge in [0.1, 0.15) is 0 Å². The number of nitrogens with zero attached hydrogens (tertiary/aromatic N) is 4. The first-order valence-electron chi connectivity index (χ1n) is 13.2. The predicted molar refractivity (Wildman–Crippen MR) is 145 cm³/mol. The van der Waals surface area contributed by atoms with E-state index >= 15 is 0 Å². The number of alkyl halides is 3. The Morgan fingerprint density at radius 1 is 1.00 bits per heavy atom. The standard InChI is InChI=1S/C26H32F3N7O3S/c1-40(37,38)35-18-7-4-6-17(12-18)23-15-32-25(39-23)34-22-10-3-2-9-21(22)33-19-8-5-11-36(16-19)20-13-30-24(31-14-20)26(27,28)29/h4,6-7,12-15,19,21-22,33,35H,2-3,5,8-11,16H2,1H3,(H,32,34)/t19-,21+,22+/m0/s1. The maximum absolute atomic E-state index is 12.8. The zero-order chi connectivity index (χ0) is 28.3. The van der Waals surface area contributed by atoms with Gasteiger partial charge < -0.3 is 20.0 Å². The highest BCUT2D eigenvalue weighted by molar-refractivity contribution is 7.92. The molecule has 2 aliphatic rings. The van der Waals surface area contributed by atoms with Crippen LogP contribution in [0.1, 0.15) is 44.3 Å². The number of oxazole rings is 1. The van der Waals surface area contributed by atoms with Crippen molar-refractivity contribution in [1.29, 1.82) is 0 Å². The van der Waals surface area contributed by atoms with E-state index in [0.717, 1.165) is 51.3 Å². The van der Waals surface area contributed by atoms with Crippen LogP contribution in [0.25, 0.3) is 11.3 Å². The van der Waals surface area contributed by atoms with Crippen molar-refractivity contribution in [2.45, 2.75) is 62.8 Å². The van der Waals surface area contributed by atoms with E-state index in [1.54, 1.807) is 24.4 Å². The molecule has 3 heterocycles. The van der Waals surface area contributed by atoms with Crippen molar-refractivity contribution in [2.24, 2.45) is 0 Å². The number of sulfonamides is 1. The molecular weight excluding hydrogens is 547 g/mol. The average molecular weight is 580 g/mol. The second-order valence-electron chi connectivity index (χ2n) is 10.3. The fourth-order valence-electron chi connectivity index (χ4n) is 5.37. The second-order valence-corrected chi connectivity index (χ2v) is 12.1. The molecular formula is C26H32F3N7O3S. The van der Waals surface area contributed by atoms with Crippen LogP contribution in [-0.4, -0.2) is 60.8 Å². The van der Waals surface area contributed by atoms with Crippen LogP contribution in [0.15, 0.2) is 47.3 Å². The Kier molecular flexibility index (Phi) is 8.17. The van der Waals surface area contributed by atoms with Crippen LogP contribution < -0.4 is 20.3 Å². The van der Waals surface area contributed by atoms with E-state index in [2.05, 4.69) is 30.3 Å². The van der Waals surface area contributed by atoms with E-state index in [1.807, 2.05) is 11.0 Å². The van der Waals surface area contributed by atoms with E-state index in [9.17, 15) is 21.6 Å². The summed E-state index contributed by atoms with van der Waals surface area (Å²) in [5, 5.41) is 7.21. The fraction of sp³-hybridized carbons (Fsp3) is 0.500. The van der Waals surface area contributed by atoms with Gasteiger partial charge in [0.2, 0.25) is 15.8 Å². The van der Waals surface area contributed by atoms with Crippen LogP contribution in [0.5, 0.6) is 0 Å².